The van der Waals surface area contributed by atoms with Crippen molar-refractivity contribution in [3.63, 3.8) is 0 Å². The van der Waals surface area contributed by atoms with Gasteiger partial charge in [0.05, 0.1) is 15.7 Å². The molecular weight excluding hydrogens is 557 g/mol. The van der Waals surface area contributed by atoms with Crippen LogP contribution in [0.15, 0.2) is 133 Å². The van der Waals surface area contributed by atoms with Crippen LogP contribution in [0.5, 0.6) is 0 Å². The third-order valence-corrected chi connectivity index (χ3v) is 9.34. The molecule has 3 heterocycles. The number of thiophene rings is 1. The lowest BCUT2D eigenvalue weighted by molar-refractivity contribution is 1.04. The lowest BCUT2D eigenvalue weighted by atomic mass is 10.1. The molecule has 210 valence electrons. The molecule has 8 aromatic rings. The van der Waals surface area contributed by atoms with E-state index in [0.29, 0.717) is 17.5 Å². The van der Waals surface area contributed by atoms with E-state index in [9.17, 15) is 0 Å². The topological polar surface area (TPSA) is 43.6 Å². The number of rotatable bonds is 5. The number of fused-ring (bicyclic) bond motifs is 7. The molecule has 0 radical (unpaired) electrons. The van der Waals surface area contributed by atoms with E-state index in [-0.39, 0.29) is 0 Å². The Balaban J connectivity index is 1.32. The molecule has 0 N–H and O–H groups in total. The van der Waals surface area contributed by atoms with Gasteiger partial charge in [-0.1, -0.05) is 97.1 Å². The van der Waals surface area contributed by atoms with E-state index in [0.717, 1.165) is 22.4 Å². The van der Waals surface area contributed by atoms with Gasteiger partial charge in [0.15, 0.2) is 17.5 Å². The van der Waals surface area contributed by atoms with Crippen LogP contribution in [0, 0.1) is 0 Å². The van der Waals surface area contributed by atoms with Crippen molar-refractivity contribution in [2.24, 2.45) is 0 Å². The number of nitrogens with zero attached hydrogens (tertiary/aromatic N) is 4. The highest BCUT2D eigenvalue weighted by molar-refractivity contribution is 7.26. The molecule has 0 aliphatic carbocycles. The summed E-state index contributed by atoms with van der Waals surface area (Å²) >= 11 is 1.87. The van der Waals surface area contributed by atoms with Crippen LogP contribution in [0.1, 0.15) is 19.7 Å². The van der Waals surface area contributed by atoms with Crippen LogP contribution >= 0.6 is 11.3 Å². The molecule has 0 bridgehead atoms. The normalized spacial score (nSPS) is 12.4. The zero-order valence-electron chi connectivity index (χ0n) is 24.4. The van der Waals surface area contributed by atoms with Gasteiger partial charge in [0.1, 0.15) is 0 Å². The molecule has 0 aliphatic rings. The first kappa shape index (κ1) is 26.3. The van der Waals surface area contributed by atoms with Gasteiger partial charge in [-0.2, -0.15) is 0 Å². The summed E-state index contributed by atoms with van der Waals surface area (Å²) in [6.07, 6.45) is 6.08. The highest BCUT2D eigenvalue weighted by Gasteiger charge is 2.18. The van der Waals surface area contributed by atoms with Crippen molar-refractivity contribution in [3.05, 3.63) is 139 Å². The average molecular weight is 585 g/mol. The van der Waals surface area contributed by atoms with E-state index < -0.39 is 0 Å². The summed E-state index contributed by atoms with van der Waals surface area (Å²) in [5, 5.41) is 5.12. The third kappa shape index (κ3) is 4.24. The van der Waals surface area contributed by atoms with Crippen molar-refractivity contribution in [2.45, 2.75) is 13.8 Å². The molecule has 0 aliphatic heterocycles. The van der Waals surface area contributed by atoms with Gasteiger partial charge < -0.3 is 4.57 Å². The fraction of sp³-hybridized carbons (Fsp3) is 0.0513. The van der Waals surface area contributed by atoms with Crippen LogP contribution in [0.4, 0.5) is 0 Å². The van der Waals surface area contributed by atoms with E-state index in [1.54, 1.807) is 0 Å². The quantitative estimate of drug-likeness (QED) is 0.189. The van der Waals surface area contributed by atoms with E-state index in [4.69, 9.17) is 15.0 Å². The molecule has 5 aromatic carbocycles. The second-order valence-corrected chi connectivity index (χ2v) is 11.8. The zero-order valence-corrected chi connectivity index (χ0v) is 25.2. The first-order chi connectivity index (χ1) is 21.7. The first-order valence-corrected chi connectivity index (χ1v) is 15.6. The largest absolute Gasteiger partial charge is 0.308 e. The number of para-hydroxylation sites is 1. The summed E-state index contributed by atoms with van der Waals surface area (Å²) in [6.45, 7) is 4.01. The maximum absolute atomic E-state index is 4.93. The first-order valence-electron chi connectivity index (χ1n) is 14.8. The Kier molecular flexibility index (Phi) is 6.39. The predicted octanol–water partition coefficient (Wildman–Crippen LogP) is 10.6. The second-order valence-electron chi connectivity index (χ2n) is 10.8. The van der Waals surface area contributed by atoms with Gasteiger partial charge in [-0.15, -0.1) is 11.3 Å². The van der Waals surface area contributed by atoms with E-state index in [1.165, 1.54) is 42.0 Å². The summed E-state index contributed by atoms with van der Waals surface area (Å²) < 4.78 is 5.02. The fourth-order valence-electron chi connectivity index (χ4n) is 6.09. The molecule has 3 aromatic heterocycles. The van der Waals surface area contributed by atoms with Gasteiger partial charge in [-0.25, -0.2) is 15.0 Å². The molecule has 5 heteroatoms. The van der Waals surface area contributed by atoms with Crippen molar-refractivity contribution >= 4 is 58.9 Å². The van der Waals surface area contributed by atoms with Gasteiger partial charge in [0, 0.05) is 48.6 Å². The van der Waals surface area contributed by atoms with Crippen molar-refractivity contribution in [3.8, 4) is 28.5 Å². The van der Waals surface area contributed by atoms with Crippen LogP contribution in [-0.4, -0.2) is 19.5 Å². The Morgan fingerprint density at radius 1 is 0.614 bits per heavy atom. The molecule has 0 saturated carbocycles. The van der Waals surface area contributed by atoms with Crippen LogP contribution in [0.2, 0.25) is 0 Å². The number of hydrogen-bond acceptors (Lipinski definition) is 4. The summed E-state index contributed by atoms with van der Waals surface area (Å²) in [5.74, 6) is 1.97. The predicted molar refractivity (Wildman–Crippen MR) is 186 cm³/mol. The number of hydrogen-bond donors (Lipinski definition) is 0. The standard InChI is InChI=1S/C39H28N4S/c1-3-12-25(4-2)37-40-38(26-13-6-5-7-14-26)42-39(41-37)27-19-21-28(22-20-27)43-33-17-10-8-15-29(33)31-23-24-32-30-16-9-11-18-34(30)44-36(32)35(31)43/h3-24H,1-2H3/b12-3-,25-4+. The summed E-state index contributed by atoms with van der Waals surface area (Å²) in [4.78, 5) is 14.7. The van der Waals surface area contributed by atoms with Gasteiger partial charge >= 0.3 is 0 Å². The molecule has 4 nitrogen and oxygen atoms in total. The second kappa shape index (κ2) is 10.7. The molecular formula is C39H28N4S. The van der Waals surface area contributed by atoms with Gasteiger partial charge in [0.25, 0.3) is 0 Å². The third-order valence-electron chi connectivity index (χ3n) is 8.15. The number of aromatic nitrogens is 4. The Hall–Kier alpha value is -5.39. The highest BCUT2D eigenvalue weighted by atomic mass is 32.1. The maximum Gasteiger partial charge on any atom is 0.164 e. The summed E-state index contributed by atoms with van der Waals surface area (Å²) in [5.41, 5.74) is 6.41. The lowest BCUT2D eigenvalue weighted by Crippen LogP contribution is -2.02. The van der Waals surface area contributed by atoms with Gasteiger partial charge in [-0.3, -0.25) is 0 Å². The minimum Gasteiger partial charge on any atom is -0.308 e. The van der Waals surface area contributed by atoms with Gasteiger partial charge in [0.2, 0.25) is 0 Å². The molecule has 0 unspecified atom stereocenters. The monoisotopic (exact) mass is 584 g/mol. The fourth-order valence-corrected chi connectivity index (χ4v) is 7.33. The SMILES string of the molecule is C/C=C\C(=C/C)c1nc(-c2ccccc2)nc(-c2ccc(-n3c4ccccc4c4ccc5c6ccccc6sc5c43)cc2)n1. The average Bonchev–Trinajstić information content (AvgIpc) is 3.63. The molecule has 0 atom stereocenters. The van der Waals surface area contributed by atoms with E-state index >= 15 is 0 Å². The minimum atomic E-state index is 0.651. The Labute approximate surface area is 259 Å². The van der Waals surface area contributed by atoms with Crippen molar-refractivity contribution < 1.29 is 0 Å². The maximum atomic E-state index is 4.93. The molecule has 0 saturated heterocycles. The van der Waals surface area contributed by atoms with Crippen LogP contribution in [0.3, 0.4) is 0 Å². The Morgan fingerprint density at radius 2 is 1.27 bits per heavy atom. The number of allylic oxidation sites excluding steroid dienone is 4. The zero-order chi connectivity index (χ0) is 29.6. The minimum absolute atomic E-state index is 0.651. The van der Waals surface area contributed by atoms with Crippen LogP contribution in [-0.2, 0) is 0 Å². The van der Waals surface area contributed by atoms with Crippen LogP contribution in [0.25, 0.3) is 76.0 Å². The Bertz CT molecular complexity index is 2390. The highest BCUT2D eigenvalue weighted by Crippen LogP contribution is 2.43. The van der Waals surface area contributed by atoms with E-state index in [1.807, 2.05) is 73.7 Å². The van der Waals surface area contributed by atoms with Crippen molar-refractivity contribution in [2.75, 3.05) is 0 Å². The molecule has 44 heavy (non-hydrogen) atoms. The molecule has 0 spiro atoms. The van der Waals surface area contributed by atoms with Crippen molar-refractivity contribution in [1.29, 1.82) is 0 Å². The summed E-state index contributed by atoms with van der Waals surface area (Å²) in [7, 11) is 0. The summed E-state index contributed by atoms with van der Waals surface area (Å²) in [6, 6.07) is 40.6. The Morgan fingerprint density at radius 3 is 2.02 bits per heavy atom. The molecule has 0 fully saturated rings. The smallest absolute Gasteiger partial charge is 0.164 e. The van der Waals surface area contributed by atoms with Gasteiger partial charge in [-0.05, 0) is 50.2 Å². The van der Waals surface area contributed by atoms with E-state index in [2.05, 4.69) is 89.5 Å². The molecule has 0 amide bonds. The van der Waals surface area contributed by atoms with Crippen molar-refractivity contribution in [1.82, 2.24) is 19.5 Å². The molecule has 8 rings (SSSR count). The lowest BCUT2D eigenvalue weighted by Gasteiger charge is -2.11. The number of benzene rings is 5. The van der Waals surface area contributed by atoms with Crippen LogP contribution < -0.4 is 0 Å².